The molecule has 0 saturated heterocycles. The van der Waals surface area contributed by atoms with Crippen LogP contribution in [0, 0.1) is 0 Å². The highest BCUT2D eigenvalue weighted by atomic mass is 79.9. The van der Waals surface area contributed by atoms with E-state index < -0.39 is 0 Å². The van der Waals surface area contributed by atoms with E-state index in [0.717, 1.165) is 39.3 Å². The highest BCUT2D eigenvalue weighted by Crippen LogP contribution is 1.94. The van der Waals surface area contributed by atoms with Crippen molar-refractivity contribution in [3.05, 3.63) is 50.6 Å². The first-order chi connectivity index (χ1) is 7.78. The van der Waals surface area contributed by atoms with Gasteiger partial charge in [-0.25, -0.2) is 0 Å². The van der Waals surface area contributed by atoms with Crippen molar-refractivity contribution in [2.45, 2.75) is 0 Å². The highest BCUT2D eigenvalue weighted by Gasteiger charge is 2.04. The number of rotatable bonds is 11. The van der Waals surface area contributed by atoms with Crippen LogP contribution in [-0.2, 0) is 0 Å². The molecule has 0 N–H and O–H groups in total. The topological polar surface area (TPSA) is 6.48 Å². The van der Waals surface area contributed by atoms with Crippen molar-refractivity contribution in [2.75, 3.05) is 39.3 Å². The molecule has 0 rings (SSSR count). The molecule has 0 aromatic rings. The molecule has 0 aliphatic heterocycles. The van der Waals surface area contributed by atoms with Crippen LogP contribution in [-0.4, -0.2) is 49.1 Å². The van der Waals surface area contributed by atoms with Gasteiger partial charge in [-0.1, -0.05) is 24.3 Å². The molecule has 0 amide bonds. The Bertz CT molecular complexity index is 182. The first-order valence-electron chi connectivity index (χ1n) is 5.66. The van der Waals surface area contributed by atoms with Crippen LogP contribution in [0.25, 0.3) is 0 Å². The molecule has 0 atom stereocenters. The zero-order valence-electron chi connectivity index (χ0n) is 10.7. The van der Waals surface area contributed by atoms with Crippen molar-refractivity contribution in [3.8, 4) is 0 Å². The van der Waals surface area contributed by atoms with Crippen molar-refractivity contribution >= 4 is 17.0 Å². The third-order valence-electron chi connectivity index (χ3n) is 2.28. The molecule has 0 aromatic heterocycles. The summed E-state index contributed by atoms with van der Waals surface area (Å²) in [6.07, 6.45) is 7.70. The van der Waals surface area contributed by atoms with Crippen molar-refractivity contribution in [2.24, 2.45) is 0 Å². The maximum atomic E-state index is 3.76. The van der Waals surface area contributed by atoms with Gasteiger partial charge in [0.25, 0.3) is 0 Å². The molecule has 0 radical (unpaired) electrons. The third-order valence-corrected chi connectivity index (χ3v) is 2.28. The Labute approximate surface area is 117 Å². The maximum Gasteiger partial charge on any atom is 0.0164 e. The van der Waals surface area contributed by atoms with Crippen LogP contribution in [0.2, 0.25) is 0 Å². The molecule has 0 saturated carbocycles. The number of hydrogen-bond acceptors (Lipinski definition) is 2. The quantitative estimate of drug-likeness (QED) is 0.541. The summed E-state index contributed by atoms with van der Waals surface area (Å²) >= 11 is 0. The zero-order valence-corrected chi connectivity index (χ0v) is 12.4. The van der Waals surface area contributed by atoms with E-state index >= 15 is 0 Å². The lowest BCUT2D eigenvalue weighted by Gasteiger charge is -2.24. The lowest BCUT2D eigenvalue weighted by Crippen LogP contribution is -2.35. The van der Waals surface area contributed by atoms with E-state index in [1.165, 1.54) is 0 Å². The van der Waals surface area contributed by atoms with Gasteiger partial charge < -0.3 is 0 Å². The van der Waals surface area contributed by atoms with Crippen molar-refractivity contribution in [1.82, 2.24) is 9.80 Å². The summed E-state index contributed by atoms with van der Waals surface area (Å²) < 4.78 is 0. The summed E-state index contributed by atoms with van der Waals surface area (Å²) in [5.74, 6) is 0. The Morgan fingerprint density at radius 1 is 0.588 bits per heavy atom. The fourth-order valence-electron chi connectivity index (χ4n) is 1.53. The minimum absolute atomic E-state index is 0. The molecule has 0 heterocycles. The smallest absolute Gasteiger partial charge is 0.0164 e. The van der Waals surface area contributed by atoms with Crippen LogP contribution in [0.3, 0.4) is 0 Å². The van der Waals surface area contributed by atoms with Gasteiger partial charge in [0.05, 0.1) is 0 Å². The Morgan fingerprint density at radius 2 is 0.824 bits per heavy atom. The van der Waals surface area contributed by atoms with E-state index in [1.807, 2.05) is 24.3 Å². The van der Waals surface area contributed by atoms with Crippen LogP contribution >= 0.6 is 17.0 Å². The number of halogens is 1. The molecule has 17 heavy (non-hydrogen) atoms. The zero-order chi connectivity index (χ0) is 12.2. The van der Waals surface area contributed by atoms with Crippen LogP contribution in [0.1, 0.15) is 0 Å². The molecular formula is C14H25BrN2. The highest BCUT2D eigenvalue weighted by molar-refractivity contribution is 8.93. The van der Waals surface area contributed by atoms with Crippen molar-refractivity contribution in [1.29, 1.82) is 0 Å². The predicted octanol–water partition coefficient (Wildman–Crippen LogP) is 2.91. The van der Waals surface area contributed by atoms with E-state index in [0.29, 0.717) is 0 Å². The van der Waals surface area contributed by atoms with E-state index in [1.54, 1.807) is 0 Å². The molecule has 0 aromatic carbocycles. The molecule has 0 spiro atoms. The van der Waals surface area contributed by atoms with E-state index in [-0.39, 0.29) is 17.0 Å². The van der Waals surface area contributed by atoms with Crippen LogP contribution < -0.4 is 0 Å². The standard InChI is InChI=1S/C14H24N2.BrH/c1-5-9-15(10-6-2)13-14-16(11-7-3)12-8-4;/h5-8H,1-4,9-14H2;1H. The van der Waals surface area contributed by atoms with Gasteiger partial charge in [0, 0.05) is 39.3 Å². The second-order valence-corrected chi connectivity index (χ2v) is 3.67. The molecule has 2 nitrogen and oxygen atoms in total. The van der Waals surface area contributed by atoms with Crippen molar-refractivity contribution < 1.29 is 0 Å². The summed E-state index contributed by atoms with van der Waals surface area (Å²) in [5, 5.41) is 0. The molecular weight excluding hydrogens is 276 g/mol. The van der Waals surface area contributed by atoms with E-state index in [2.05, 4.69) is 36.1 Å². The Balaban J connectivity index is 0. The van der Waals surface area contributed by atoms with Gasteiger partial charge >= 0.3 is 0 Å². The van der Waals surface area contributed by atoms with Crippen LogP contribution in [0.4, 0.5) is 0 Å². The largest absolute Gasteiger partial charge is 0.295 e. The lowest BCUT2D eigenvalue weighted by atomic mass is 10.3. The molecule has 0 unspecified atom stereocenters. The van der Waals surface area contributed by atoms with Gasteiger partial charge in [0.2, 0.25) is 0 Å². The third kappa shape index (κ3) is 10.2. The fourth-order valence-corrected chi connectivity index (χ4v) is 1.53. The molecule has 3 heteroatoms. The van der Waals surface area contributed by atoms with Crippen molar-refractivity contribution in [3.63, 3.8) is 0 Å². The Hall–Kier alpha value is -0.640. The average Bonchev–Trinajstić information content (AvgIpc) is 2.27. The van der Waals surface area contributed by atoms with E-state index in [9.17, 15) is 0 Å². The van der Waals surface area contributed by atoms with Crippen LogP contribution in [0.5, 0.6) is 0 Å². The van der Waals surface area contributed by atoms with Gasteiger partial charge in [0.15, 0.2) is 0 Å². The summed E-state index contributed by atoms with van der Waals surface area (Å²) in [5.41, 5.74) is 0. The second-order valence-electron chi connectivity index (χ2n) is 3.67. The molecule has 0 aliphatic rings. The van der Waals surface area contributed by atoms with Gasteiger partial charge in [0.1, 0.15) is 0 Å². The van der Waals surface area contributed by atoms with Gasteiger partial charge in [-0.15, -0.1) is 43.3 Å². The lowest BCUT2D eigenvalue weighted by molar-refractivity contribution is 0.255. The Morgan fingerprint density at radius 3 is 1.00 bits per heavy atom. The minimum Gasteiger partial charge on any atom is -0.295 e. The predicted molar refractivity (Wildman–Crippen MR) is 84.0 cm³/mol. The Kier molecular flexibility index (Phi) is 14.8. The second kappa shape index (κ2) is 13.4. The van der Waals surface area contributed by atoms with Crippen LogP contribution in [0.15, 0.2) is 50.6 Å². The molecule has 0 fully saturated rings. The maximum absolute atomic E-state index is 3.76. The first kappa shape index (κ1) is 18.7. The summed E-state index contributed by atoms with van der Waals surface area (Å²) in [6, 6.07) is 0. The van der Waals surface area contributed by atoms with Gasteiger partial charge in [-0.2, -0.15) is 0 Å². The fraction of sp³-hybridized carbons (Fsp3) is 0.429. The summed E-state index contributed by atoms with van der Waals surface area (Å²) in [7, 11) is 0. The SMILES string of the molecule is Br.C=CCN(CC=C)CCN(CC=C)CC=C. The summed E-state index contributed by atoms with van der Waals surface area (Å²) in [4.78, 5) is 4.61. The summed E-state index contributed by atoms with van der Waals surface area (Å²) in [6.45, 7) is 20.7. The number of hydrogen-bond donors (Lipinski definition) is 0. The molecule has 0 bridgehead atoms. The minimum atomic E-state index is 0. The monoisotopic (exact) mass is 300 g/mol. The number of nitrogens with zero attached hydrogens (tertiary/aromatic N) is 2. The van der Waals surface area contributed by atoms with Gasteiger partial charge in [-0.3, -0.25) is 9.80 Å². The first-order valence-corrected chi connectivity index (χ1v) is 5.66. The molecule has 98 valence electrons. The average molecular weight is 301 g/mol. The molecule has 0 aliphatic carbocycles. The van der Waals surface area contributed by atoms with E-state index in [4.69, 9.17) is 0 Å². The normalized spacial score (nSPS) is 9.76. The van der Waals surface area contributed by atoms with Gasteiger partial charge in [-0.05, 0) is 0 Å².